The fraction of sp³-hybridized carbons (Fsp3) is 0.923. The molecule has 0 bridgehead atoms. The molecular weight excluding hydrogens is 286 g/mol. The zero-order valence-corrected chi connectivity index (χ0v) is 12.8. The van der Waals surface area contributed by atoms with Crippen LogP contribution in [0.25, 0.3) is 0 Å². The van der Waals surface area contributed by atoms with Gasteiger partial charge in [0.25, 0.3) is 0 Å². The molecule has 0 aromatic rings. The highest BCUT2D eigenvalue weighted by Gasteiger charge is 2.41. The minimum atomic E-state index is -2.98. The molecule has 1 aliphatic carbocycles. The molecule has 0 radical (unpaired) electrons. The van der Waals surface area contributed by atoms with Gasteiger partial charge in [-0.15, -0.1) is 11.6 Å². The van der Waals surface area contributed by atoms with Gasteiger partial charge in [-0.3, -0.25) is 4.79 Å². The Kier molecular flexibility index (Phi) is 5.12. The maximum atomic E-state index is 12.3. The number of nitrogens with zero attached hydrogens (tertiary/aromatic N) is 1. The quantitative estimate of drug-likeness (QED) is 0.575. The number of hydrogen-bond acceptors (Lipinski definition) is 3. The van der Waals surface area contributed by atoms with Crippen LogP contribution in [0.5, 0.6) is 0 Å². The Labute approximate surface area is 120 Å². The normalized spacial score (nSPS) is 27.0. The first-order valence-corrected chi connectivity index (χ1v) is 9.45. The molecule has 110 valence electrons. The summed E-state index contributed by atoms with van der Waals surface area (Å²) in [5.41, 5.74) is 0. The lowest BCUT2D eigenvalue weighted by molar-refractivity contribution is -0.133. The van der Waals surface area contributed by atoms with Gasteiger partial charge >= 0.3 is 0 Å². The van der Waals surface area contributed by atoms with E-state index in [4.69, 9.17) is 11.6 Å². The van der Waals surface area contributed by atoms with Crippen LogP contribution in [-0.4, -0.2) is 49.2 Å². The third kappa shape index (κ3) is 4.35. The van der Waals surface area contributed by atoms with Crippen LogP contribution in [0, 0.1) is 5.92 Å². The van der Waals surface area contributed by atoms with Gasteiger partial charge in [-0.2, -0.15) is 0 Å². The molecular formula is C13H22ClNO3S. The van der Waals surface area contributed by atoms with Gasteiger partial charge in [0.05, 0.1) is 11.5 Å². The second kappa shape index (κ2) is 6.44. The number of amides is 1. The second-order valence-corrected chi connectivity index (χ2v) is 8.21. The molecule has 19 heavy (non-hydrogen) atoms. The minimum Gasteiger partial charge on any atom is -0.338 e. The van der Waals surface area contributed by atoms with E-state index in [-0.39, 0.29) is 23.5 Å². The predicted molar refractivity (Wildman–Crippen MR) is 76.1 cm³/mol. The molecule has 6 heteroatoms. The average Bonchev–Trinajstić information content (AvgIpc) is 3.15. The first-order chi connectivity index (χ1) is 9.03. The molecule has 1 saturated heterocycles. The van der Waals surface area contributed by atoms with E-state index in [0.717, 1.165) is 25.7 Å². The van der Waals surface area contributed by atoms with Gasteiger partial charge in [0, 0.05) is 24.9 Å². The Hall–Kier alpha value is -0.290. The number of rotatable bonds is 5. The topological polar surface area (TPSA) is 54.5 Å². The van der Waals surface area contributed by atoms with E-state index in [2.05, 4.69) is 0 Å². The number of carbonyl (C=O) groups is 1. The Morgan fingerprint density at radius 1 is 1.26 bits per heavy atom. The number of unbranched alkanes of at least 4 members (excludes halogenated alkanes) is 1. The van der Waals surface area contributed by atoms with Crippen LogP contribution < -0.4 is 0 Å². The molecule has 4 nitrogen and oxygen atoms in total. The van der Waals surface area contributed by atoms with Gasteiger partial charge in [0.15, 0.2) is 9.84 Å². The van der Waals surface area contributed by atoms with Gasteiger partial charge < -0.3 is 4.90 Å². The molecule has 1 saturated carbocycles. The molecule has 1 heterocycles. The largest absolute Gasteiger partial charge is 0.338 e. The van der Waals surface area contributed by atoms with Gasteiger partial charge in [0.2, 0.25) is 5.91 Å². The van der Waals surface area contributed by atoms with Gasteiger partial charge in [-0.1, -0.05) is 0 Å². The van der Waals surface area contributed by atoms with E-state index in [1.165, 1.54) is 0 Å². The van der Waals surface area contributed by atoms with E-state index in [1.54, 1.807) is 0 Å². The van der Waals surface area contributed by atoms with Crippen LogP contribution in [-0.2, 0) is 14.6 Å². The summed E-state index contributed by atoms with van der Waals surface area (Å²) < 4.78 is 23.8. The molecule has 0 spiro atoms. The molecule has 0 aromatic carbocycles. The third-order valence-corrected chi connectivity index (χ3v) is 5.97. The van der Waals surface area contributed by atoms with Crippen molar-refractivity contribution >= 4 is 27.3 Å². The molecule has 1 unspecified atom stereocenters. The highest BCUT2D eigenvalue weighted by molar-refractivity contribution is 7.91. The lowest BCUT2D eigenvalue weighted by Gasteiger charge is -2.29. The molecule has 0 N–H and O–H groups in total. The zero-order valence-electron chi connectivity index (χ0n) is 11.2. The van der Waals surface area contributed by atoms with Crippen molar-refractivity contribution in [3.05, 3.63) is 0 Å². The van der Waals surface area contributed by atoms with E-state index in [9.17, 15) is 13.2 Å². The summed E-state index contributed by atoms with van der Waals surface area (Å²) in [6.45, 7) is 0.597. The van der Waals surface area contributed by atoms with Crippen molar-refractivity contribution in [3.8, 4) is 0 Å². The predicted octanol–water partition coefficient (Wildman–Crippen LogP) is 1.82. The highest BCUT2D eigenvalue weighted by Crippen LogP contribution is 2.37. The Morgan fingerprint density at radius 3 is 2.63 bits per heavy atom. The van der Waals surface area contributed by atoms with E-state index in [0.29, 0.717) is 31.2 Å². The van der Waals surface area contributed by atoms with Crippen molar-refractivity contribution in [1.82, 2.24) is 4.90 Å². The fourth-order valence-electron chi connectivity index (χ4n) is 2.75. The van der Waals surface area contributed by atoms with Gasteiger partial charge in [-0.25, -0.2) is 8.42 Å². The molecule has 1 aliphatic heterocycles. The number of carbonyl (C=O) groups excluding carboxylic acids is 1. The summed E-state index contributed by atoms with van der Waals surface area (Å²) in [6, 6.07) is -0.0731. The SMILES string of the molecule is O=C(CCCCCl)N1CCCS(=O)(=O)CC1C1CC1. The van der Waals surface area contributed by atoms with Crippen LogP contribution in [0.3, 0.4) is 0 Å². The first-order valence-electron chi connectivity index (χ1n) is 7.09. The van der Waals surface area contributed by atoms with Gasteiger partial charge in [0.1, 0.15) is 0 Å². The maximum Gasteiger partial charge on any atom is 0.222 e. The van der Waals surface area contributed by atoms with Gasteiger partial charge in [-0.05, 0) is 38.0 Å². The third-order valence-electron chi connectivity index (χ3n) is 3.94. The lowest BCUT2D eigenvalue weighted by atomic mass is 10.1. The number of hydrogen-bond donors (Lipinski definition) is 0. The number of alkyl halides is 1. The van der Waals surface area contributed by atoms with E-state index in [1.807, 2.05) is 4.90 Å². The van der Waals surface area contributed by atoms with Crippen molar-refractivity contribution in [2.24, 2.45) is 5.92 Å². The van der Waals surface area contributed by atoms with Crippen molar-refractivity contribution in [2.75, 3.05) is 23.9 Å². The van der Waals surface area contributed by atoms with Crippen LogP contribution in [0.2, 0.25) is 0 Å². The monoisotopic (exact) mass is 307 g/mol. The van der Waals surface area contributed by atoms with E-state index < -0.39 is 9.84 Å². The van der Waals surface area contributed by atoms with Crippen LogP contribution >= 0.6 is 11.6 Å². The lowest BCUT2D eigenvalue weighted by Crippen LogP contribution is -2.44. The van der Waals surface area contributed by atoms with Crippen molar-refractivity contribution in [3.63, 3.8) is 0 Å². The number of halogens is 1. The summed E-state index contributed by atoms with van der Waals surface area (Å²) in [5.74, 6) is 1.48. The van der Waals surface area contributed by atoms with Crippen LogP contribution in [0.1, 0.15) is 38.5 Å². The van der Waals surface area contributed by atoms with Crippen molar-refractivity contribution in [1.29, 1.82) is 0 Å². The molecule has 2 rings (SSSR count). The minimum absolute atomic E-state index is 0.0731. The standard InChI is InChI=1S/C13H22ClNO3S/c14-7-2-1-4-13(16)15-8-3-9-19(17,18)10-12(15)11-5-6-11/h11-12H,1-10H2. The molecule has 1 amide bonds. The van der Waals surface area contributed by atoms with Crippen LogP contribution in [0.4, 0.5) is 0 Å². The average molecular weight is 308 g/mol. The Morgan fingerprint density at radius 2 is 2.00 bits per heavy atom. The molecule has 1 atom stereocenters. The maximum absolute atomic E-state index is 12.3. The van der Waals surface area contributed by atoms with Crippen molar-refractivity contribution in [2.45, 2.75) is 44.6 Å². The summed E-state index contributed by atoms with van der Waals surface area (Å²) in [4.78, 5) is 14.1. The smallest absolute Gasteiger partial charge is 0.222 e. The first kappa shape index (κ1) is 15.1. The Bertz CT molecular complexity index is 420. The second-order valence-electron chi connectivity index (χ2n) is 5.61. The molecule has 0 aromatic heterocycles. The summed E-state index contributed by atoms with van der Waals surface area (Å²) in [5, 5.41) is 0. The fourth-order valence-corrected chi connectivity index (χ4v) is 4.65. The molecule has 2 aliphatic rings. The zero-order chi connectivity index (χ0) is 13.9. The Balaban J connectivity index is 2.01. The molecule has 2 fully saturated rings. The van der Waals surface area contributed by atoms with E-state index >= 15 is 0 Å². The summed E-state index contributed by atoms with van der Waals surface area (Å²) in [7, 11) is -2.98. The summed E-state index contributed by atoms with van der Waals surface area (Å²) >= 11 is 5.62. The highest BCUT2D eigenvalue weighted by atomic mass is 35.5. The summed E-state index contributed by atoms with van der Waals surface area (Å²) in [6.07, 6.45) is 4.83. The van der Waals surface area contributed by atoms with Crippen molar-refractivity contribution < 1.29 is 13.2 Å². The number of sulfone groups is 1. The van der Waals surface area contributed by atoms with Crippen LogP contribution in [0.15, 0.2) is 0 Å².